The van der Waals surface area contributed by atoms with Crippen LogP contribution in [-0.2, 0) is 5.54 Å². The van der Waals surface area contributed by atoms with Crippen LogP contribution in [0.2, 0.25) is 0 Å². The molecule has 5 nitrogen and oxygen atoms in total. The standard InChI is InChI=1S/C28H34N4O/c1-28(2)18-24(20-12-6-3-7-13-20)30-26-23(19-29-32(26)28)27(33)31-25(21-14-8-4-9-15-21)22-16-10-5-11-17-22/h4-5,8-11,14-17,19-20,24-25,30H,3,6-7,12-13,18H2,1-2H3,(H,31,33). The van der Waals surface area contributed by atoms with Crippen LogP contribution in [0.5, 0.6) is 0 Å². The first-order chi connectivity index (χ1) is 16.0. The fraction of sp³-hybridized carbons (Fsp3) is 0.429. The summed E-state index contributed by atoms with van der Waals surface area (Å²) in [7, 11) is 0. The second-order valence-electron chi connectivity index (χ2n) is 10.2. The summed E-state index contributed by atoms with van der Waals surface area (Å²) in [5, 5.41) is 11.7. The Morgan fingerprint density at radius 3 is 2.21 bits per heavy atom. The van der Waals surface area contributed by atoms with E-state index in [1.807, 2.05) is 41.1 Å². The molecule has 5 rings (SSSR count). The summed E-state index contributed by atoms with van der Waals surface area (Å²) in [4.78, 5) is 13.6. The van der Waals surface area contributed by atoms with Gasteiger partial charge in [-0.1, -0.05) is 79.9 Å². The number of carbonyl (C=O) groups excluding carboxylic acids is 1. The molecule has 1 aromatic heterocycles. The monoisotopic (exact) mass is 442 g/mol. The minimum atomic E-state index is -0.221. The van der Waals surface area contributed by atoms with E-state index in [-0.39, 0.29) is 17.5 Å². The van der Waals surface area contributed by atoms with Gasteiger partial charge in [-0.25, -0.2) is 4.68 Å². The predicted octanol–water partition coefficient (Wildman–Crippen LogP) is 5.90. The van der Waals surface area contributed by atoms with E-state index in [0.717, 1.165) is 23.4 Å². The van der Waals surface area contributed by atoms with Gasteiger partial charge in [0, 0.05) is 6.04 Å². The molecule has 2 N–H and O–H groups in total. The van der Waals surface area contributed by atoms with Gasteiger partial charge in [-0.05, 0) is 50.2 Å². The van der Waals surface area contributed by atoms with Crippen molar-refractivity contribution in [3.05, 3.63) is 83.6 Å². The number of carbonyl (C=O) groups is 1. The van der Waals surface area contributed by atoms with E-state index in [1.54, 1.807) is 6.20 Å². The van der Waals surface area contributed by atoms with Crippen molar-refractivity contribution in [3.8, 4) is 0 Å². The molecule has 1 saturated carbocycles. The van der Waals surface area contributed by atoms with Crippen LogP contribution in [0.25, 0.3) is 0 Å². The van der Waals surface area contributed by atoms with Gasteiger partial charge in [-0.15, -0.1) is 0 Å². The van der Waals surface area contributed by atoms with Gasteiger partial charge in [-0.3, -0.25) is 4.79 Å². The number of hydrogen-bond acceptors (Lipinski definition) is 3. The third kappa shape index (κ3) is 4.41. The Bertz CT molecular complexity index is 1040. The highest BCUT2D eigenvalue weighted by molar-refractivity contribution is 5.99. The zero-order valence-corrected chi connectivity index (χ0v) is 19.6. The number of hydrogen-bond donors (Lipinski definition) is 2. The first-order valence-corrected chi connectivity index (χ1v) is 12.3. The van der Waals surface area contributed by atoms with Crippen LogP contribution in [0.4, 0.5) is 5.82 Å². The Labute approximate surface area is 196 Å². The predicted molar refractivity (Wildman–Crippen MR) is 132 cm³/mol. The molecule has 3 aromatic rings. The van der Waals surface area contributed by atoms with E-state index < -0.39 is 0 Å². The largest absolute Gasteiger partial charge is 0.366 e. The van der Waals surface area contributed by atoms with Crippen molar-refractivity contribution < 1.29 is 4.79 Å². The Balaban J connectivity index is 1.44. The van der Waals surface area contributed by atoms with Gasteiger partial charge in [0.1, 0.15) is 11.4 Å². The van der Waals surface area contributed by atoms with Crippen molar-refractivity contribution >= 4 is 11.7 Å². The Hall–Kier alpha value is -3.08. The molecule has 172 valence electrons. The zero-order valence-electron chi connectivity index (χ0n) is 19.6. The van der Waals surface area contributed by atoms with E-state index in [4.69, 9.17) is 0 Å². The smallest absolute Gasteiger partial charge is 0.257 e. The molecule has 0 spiro atoms. The molecule has 0 radical (unpaired) electrons. The highest BCUT2D eigenvalue weighted by atomic mass is 16.1. The zero-order chi connectivity index (χ0) is 22.8. The molecule has 2 aromatic carbocycles. The van der Waals surface area contributed by atoms with Crippen LogP contribution in [0.15, 0.2) is 66.9 Å². The molecule has 0 bridgehead atoms. The lowest BCUT2D eigenvalue weighted by molar-refractivity contribution is 0.0943. The molecule has 2 heterocycles. The molecule has 1 unspecified atom stereocenters. The molecule has 1 aliphatic heterocycles. The van der Waals surface area contributed by atoms with Crippen molar-refractivity contribution in [2.45, 2.75) is 70.0 Å². The molecular weight excluding hydrogens is 408 g/mol. The van der Waals surface area contributed by atoms with E-state index in [9.17, 15) is 4.79 Å². The minimum absolute atomic E-state index is 0.0958. The number of nitrogens with zero attached hydrogens (tertiary/aromatic N) is 2. The Morgan fingerprint density at radius 2 is 1.61 bits per heavy atom. The highest BCUT2D eigenvalue weighted by Crippen LogP contribution is 2.40. The second kappa shape index (κ2) is 9.05. The van der Waals surface area contributed by atoms with Gasteiger partial charge in [0.25, 0.3) is 5.91 Å². The van der Waals surface area contributed by atoms with Crippen molar-refractivity contribution in [1.29, 1.82) is 0 Å². The summed E-state index contributed by atoms with van der Waals surface area (Å²) in [6, 6.07) is 20.5. The van der Waals surface area contributed by atoms with Gasteiger partial charge in [0.15, 0.2) is 0 Å². The van der Waals surface area contributed by atoms with Gasteiger partial charge < -0.3 is 10.6 Å². The quantitative estimate of drug-likeness (QED) is 0.517. The molecule has 1 atom stereocenters. The fourth-order valence-electron chi connectivity index (χ4n) is 5.64. The van der Waals surface area contributed by atoms with Crippen molar-refractivity contribution in [2.24, 2.45) is 5.92 Å². The van der Waals surface area contributed by atoms with E-state index in [2.05, 4.69) is 53.8 Å². The number of nitrogens with one attached hydrogen (secondary N) is 2. The second-order valence-corrected chi connectivity index (χ2v) is 10.2. The molecule has 5 heteroatoms. The summed E-state index contributed by atoms with van der Waals surface area (Å²) < 4.78 is 2.02. The molecular formula is C28H34N4O. The number of anilines is 1. The lowest BCUT2D eigenvalue weighted by Crippen LogP contribution is -2.46. The van der Waals surface area contributed by atoms with E-state index in [0.29, 0.717) is 17.5 Å². The molecule has 1 amide bonds. The maximum Gasteiger partial charge on any atom is 0.257 e. The first-order valence-electron chi connectivity index (χ1n) is 12.3. The summed E-state index contributed by atoms with van der Waals surface area (Å²) >= 11 is 0. The molecule has 1 fully saturated rings. The van der Waals surface area contributed by atoms with Gasteiger partial charge in [0.2, 0.25) is 0 Å². The summed E-state index contributed by atoms with van der Waals surface area (Å²) in [6.07, 6.45) is 9.27. The normalized spacial score (nSPS) is 20.2. The highest BCUT2D eigenvalue weighted by Gasteiger charge is 2.39. The Morgan fingerprint density at radius 1 is 1.00 bits per heavy atom. The minimum Gasteiger partial charge on any atom is -0.366 e. The average Bonchev–Trinajstić information content (AvgIpc) is 3.29. The summed E-state index contributed by atoms with van der Waals surface area (Å²) in [5.74, 6) is 1.43. The number of rotatable bonds is 5. The van der Waals surface area contributed by atoms with Gasteiger partial charge in [-0.2, -0.15) is 5.10 Å². The molecule has 0 saturated heterocycles. The third-order valence-corrected chi connectivity index (χ3v) is 7.39. The van der Waals surface area contributed by atoms with Crippen LogP contribution < -0.4 is 10.6 Å². The molecule has 1 aliphatic carbocycles. The number of amides is 1. The summed E-state index contributed by atoms with van der Waals surface area (Å²) in [5.41, 5.74) is 2.62. The van der Waals surface area contributed by atoms with Crippen LogP contribution in [0.3, 0.4) is 0 Å². The fourth-order valence-corrected chi connectivity index (χ4v) is 5.64. The van der Waals surface area contributed by atoms with Crippen molar-refractivity contribution in [1.82, 2.24) is 15.1 Å². The van der Waals surface area contributed by atoms with E-state index >= 15 is 0 Å². The van der Waals surface area contributed by atoms with Crippen molar-refractivity contribution in [3.63, 3.8) is 0 Å². The van der Waals surface area contributed by atoms with Gasteiger partial charge in [0.05, 0.1) is 17.8 Å². The van der Waals surface area contributed by atoms with Crippen LogP contribution >= 0.6 is 0 Å². The lowest BCUT2D eigenvalue weighted by atomic mass is 9.78. The first kappa shape index (κ1) is 21.7. The molecule has 2 aliphatic rings. The summed E-state index contributed by atoms with van der Waals surface area (Å²) in [6.45, 7) is 4.47. The average molecular weight is 443 g/mol. The van der Waals surface area contributed by atoms with Crippen LogP contribution in [-0.4, -0.2) is 21.7 Å². The number of aromatic nitrogens is 2. The van der Waals surface area contributed by atoms with E-state index in [1.165, 1.54) is 32.1 Å². The topological polar surface area (TPSA) is 59.0 Å². The van der Waals surface area contributed by atoms with Crippen LogP contribution in [0.1, 0.15) is 79.9 Å². The maximum atomic E-state index is 13.6. The maximum absolute atomic E-state index is 13.6. The Kier molecular flexibility index (Phi) is 5.96. The lowest BCUT2D eigenvalue weighted by Gasteiger charge is -2.42. The number of benzene rings is 2. The number of fused-ring (bicyclic) bond motifs is 1. The van der Waals surface area contributed by atoms with Crippen molar-refractivity contribution in [2.75, 3.05) is 5.32 Å². The van der Waals surface area contributed by atoms with Gasteiger partial charge >= 0.3 is 0 Å². The molecule has 33 heavy (non-hydrogen) atoms. The SMILES string of the molecule is CC1(C)CC(C2CCCCC2)Nc2c(C(=O)NC(c3ccccc3)c3ccccc3)cnn21. The third-order valence-electron chi connectivity index (χ3n) is 7.39. The van der Waals surface area contributed by atoms with Crippen LogP contribution in [0, 0.1) is 5.92 Å².